The number of hydrogen-bond acceptors (Lipinski definition) is 3. The summed E-state index contributed by atoms with van der Waals surface area (Å²) in [7, 11) is 0. The lowest BCUT2D eigenvalue weighted by Gasteiger charge is -2.12. The lowest BCUT2D eigenvalue weighted by molar-refractivity contribution is -0.124. The van der Waals surface area contributed by atoms with E-state index in [9.17, 15) is 9.59 Å². The molecular weight excluding hydrogens is 280 g/mol. The van der Waals surface area contributed by atoms with Crippen LogP contribution in [0.2, 0.25) is 0 Å². The van der Waals surface area contributed by atoms with Crippen molar-refractivity contribution in [3.8, 4) is 0 Å². The summed E-state index contributed by atoms with van der Waals surface area (Å²) in [4.78, 5) is 23.5. The first-order valence-corrected chi connectivity index (χ1v) is 7.69. The molecule has 2 rings (SSSR count). The van der Waals surface area contributed by atoms with E-state index in [1.807, 2.05) is 38.1 Å². The number of anilines is 1. The molecule has 1 aromatic rings. The average Bonchev–Trinajstić information content (AvgIpc) is 2.99. The van der Waals surface area contributed by atoms with Gasteiger partial charge in [-0.25, -0.2) is 4.79 Å². The summed E-state index contributed by atoms with van der Waals surface area (Å²) in [6.45, 7) is 6.00. The zero-order valence-corrected chi connectivity index (χ0v) is 13.1. The molecule has 22 heavy (non-hydrogen) atoms. The molecule has 1 aliphatic heterocycles. The standard InChI is InChI=1S/C16H24N4O2/c1-11(2)19-16(22)20-14-5-3-12(4-6-14)9-18-15(21)13-7-8-17-10-13/h3-6,11,13,17H,7-10H2,1-2H3,(H,18,21)(H2,19,20,22). The largest absolute Gasteiger partial charge is 0.352 e. The molecule has 0 aliphatic carbocycles. The van der Waals surface area contributed by atoms with Crippen molar-refractivity contribution in [1.29, 1.82) is 0 Å². The number of carbonyl (C=O) groups is 2. The summed E-state index contributed by atoms with van der Waals surface area (Å²) in [5, 5.41) is 11.7. The summed E-state index contributed by atoms with van der Waals surface area (Å²) in [6, 6.07) is 7.34. The first-order chi connectivity index (χ1) is 10.5. The van der Waals surface area contributed by atoms with Crippen LogP contribution in [0.15, 0.2) is 24.3 Å². The van der Waals surface area contributed by atoms with E-state index in [1.165, 1.54) is 0 Å². The Kier molecular flexibility index (Phi) is 5.77. The van der Waals surface area contributed by atoms with Crippen LogP contribution in [-0.4, -0.2) is 31.1 Å². The van der Waals surface area contributed by atoms with E-state index < -0.39 is 0 Å². The van der Waals surface area contributed by atoms with E-state index in [2.05, 4.69) is 21.3 Å². The van der Waals surface area contributed by atoms with Crippen molar-refractivity contribution in [2.45, 2.75) is 32.9 Å². The summed E-state index contributed by atoms with van der Waals surface area (Å²) >= 11 is 0. The van der Waals surface area contributed by atoms with Gasteiger partial charge in [0.25, 0.3) is 0 Å². The van der Waals surface area contributed by atoms with Crippen LogP contribution in [0.5, 0.6) is 0 Å². The van der Waals surface area contributed by atoms with Crippen LogP contribution in [-0.2, 0) is 11.3 Å². The predicted molar refractivity (Wildman–Crippen MR) is 86.6 cm³/mol. The van der Waals surface area contributed by atoms with Gasteiger partial charge in [-0.05, 0) is 44.5 Å². The third-order valence-corrected chi connectivity index (χ3v) is 3.53. The third-order valence-electron chi connectivity index (χ3n) is 3.53. The number of hydrogen-bond donors (Lipinski definition) is 4. The zero-order chi connectivity index (χ0) is 15.9. The van der Waals surface area contributed by atoms with Crippen LogP contribution in [0.1, 0.15) is 25.8 Å². The fraction of sp³-hybridized carbons (Fsp3) is 0.500. The Morgan fingerprint density at radius 1 is 1.27 bits per heavy atom. The van der Waals surface area contributed by atoms with Gasteiger partial charge in [0.1, 0.15) is 0 Å². The van der Waals surface area contributed by atoms with Crippen LogP contribution in [0.4, 0.5) is 10.5 Å². The maximum absolute atomic E-state index is 11.9. The minimum Gasteiger partial charge on any atom is -0.352 e. The van der Waals surface area contributed by atoms with Gasteiger partial charge in [-0.3, -0.25) is 4.79 Å². The number of urea groups is 1. The van der Waals surface area contributed by atoms with Gasteiger partial charge in [-0.2, -0.15) is 0 Å². The van der Waals surface area contributed by atoms with Crippen LogP contribution in [0.3, 0.4) is 0 Å². The molecule has 1 fully saturated rings. The van der Waals surface area contributed by atoms with Gasteiger partial charge < -0.3 is 21.3 Å². The van der Waals surface area contributed by atoms with Crippen molar-refractivity contribution in [3.63, 3.8) is 0 Å². The minimum absolute atomic E-state index is 0.0840. The third kappa shape index (κ3) is 5.04. The molecule has 1 aliphatic rings. The first kappa shape index (κ1) is 16.3. The molecule has 0 saturated carbocycles. The highest BCUT2D eigenvalue weighted by atomic mass is 16.2. The van der Waals surface area contributed by atoms with Gasteiger partial charge >= 0.3 is 6.03 Å². The van der Waals surface area contributed by atoms with Crippen molar-refractivity contribution in [2.24, 2.45) is 5.92 Å². The topological polar surface area (TPSA) is 82.3 Å². The minimum atomic E-state index is -0.218. The molecule has 1 unspecified atom stereocenters. The second-order valence-corrected chi connectivity index (χ2v) is 5.86. The lowest BCUT2D eigenvalue weighted by atomic mass is 10.1. The normalized spacial score (nSPS) is 17.3. The molecule has 1 aromatic carbocycles. The molecule has 3 amide bonds. The van der Waals surface area contributed by atoms with Gasteiger partial charge in [-0.1, -0.05) is 12.1 Å². The Hall–Kier alpha value is -2.08. The SMILES string of the molecule is CC(C)NC(=O)Nc1ccc(CNC(=O)C2CCNC2)cc1. The van der Waals surface area contributed by atoms with Gasteiger partial charge in [0.15, 0.2) is 0 Å². The highest BCUT2D eigenvalue weighted by molar-refractivity contribution is 5.89. The molecule has 6 nitrogen and oxygen atoms in total. The van der Waals surface area contributed by atoms with Gasteiger partial charge in [0.2, 0.25) is 5.91 Å². The van der Waals surface area contributed by atoms with Crippen molar-refractivity contribution in [3.05, 3.63) is 29.8 Å². The van der Waals surface area contributed by atoms with Crippen molar-refractivity contribution >= 4 is 17.6 Å². The van der Waals surface area contributed by atoms with Gasteiger partial charge in [0.05, 0.1) is 5.92 Å². The summed E-state index contributed by atoms with van der Waals surface area (Å²) in [5.74, 6) is 0.184. The number of rotatable bonds is 5. The second-order valence-electron chi connectivity index (χ2n) is 5.86. The Balaban J connectivity index is 1.78. The van der Waals surface area contributed by atoms with Crippen LogP contribution in [0.25, 0.3) is 0 Å². The zero-order valence-electron chi connectivity index (χ0n) is 13.1. The smallest absolute Gasteiger partial charge is 0.319 e. The first-order valence-electron chi connectivity index (χ1n) is 7.69. The molecule has 1 atom stereocenters. The van der Waals surface area contributed by atoms with E-state index in [4.69, 9.17) is 0 Å². The number of nitrogens with one attached hydrogen (secondary N) is 4. The molecule has 1 saturated heterocycles. The van der Waals surface area contributed by atoms with Gasteiger partial charge in [0, 0.05) is 24.8 Å². The van der Waals surface area contributed by atoms with Crippen molar-refractivity contribution < 1.29 is 9.59 Å². The lowest BCUT2D eigenvalue weighted by Crippen LogP contribution is -2.34. The Morgan fingerprint density at radius 2 is 2.00 bits per heavy atom. The molecule has 120 valence electrons. The van der Waals surface area contributed by atoms with Crippen molar-refractivity contribution in [2.75, 3.05) is 18.4 Å². The highest BCUT2D eigenvalue weighted by Crippen LogP contribution is 2.11. The molecule has 6 heteroatoms. The van der Waals surface area contributed by atoms with E-state index in [0.717, 1.165) is 30.8 Å². The van der Waals surface area contributed by atoms with Crippen LogP contribution in [0, 0.1) is 5.92 Å². The number of benzene rings is 1. The van der Waals surface area contributed by atoms with Gasteiger partial charge in [-0.15, -0.1) is 0 Å². The molecule has 0 spiro atoms. The van der Waals surface area contributed by atoms with Crippen molar-refractivity contribution in [1.82, 2.24) is 16.0 Å². The van der Waals surface area contributed by atoms with E-state index >= 15 is 0 Å². The van der Waals surface area contributed by atoms with E-state index in [1.54, 1.807) is 0 Å². The molecule has 4 N–H and O–H groups in total. The van der Waals surface area contributed by atoms with Crippen LogP contribution < -0.4 is 21.3 Å². The van der Waals surface area contributed by atoms with E-state index in [0.29, 0.717) is 6.54 Å². The number of carbonyl (C=O) groups excluding carboxylic acids is 2. The molecule has 0 aromatic heterocycles. The molecule has 1 heterocycles. The number of amides is 3. The highest BCUT2D eigenvalue weighted by Gasteiger charge is 2.21. The predicted octanol–water partition coefficient (Wildman–Crippen LogP) is 1.44. The second kappa shape index (κ2) is 7.79. The molecular formula is C16H24N4O2. The molecule has 0 radical (unpaired) electrons. The average molecular weight is 304 g/mol. The van der Waals surface area contributed by atoms with Crippen LogP contribution >= 0.6 is 0 Å². The Morgan fingerprint density at radius 3 is 2.59 bits per heavy atom. The quantitative estimate of drug-likeness (QED) is 0.664. The Bertz CT molecular complexity index is 507. The fourth-order valence-corrected chi connectivity index (χ4v) is 2.35. The maximum atomic E-state index is 11.9. The Labute approximate surface area is 131 Å². The summed E-state index contributed by atoms with van der Waals surface area (Å²) in [6.07, 6.45) is 0.902. The fourth-order valence-electron chi connectivity index (χ4n) is 2.35. The molecule has 0 bridgehead atoms. The summed E-state index contributed by atoms with van der Waals surface area (Å²) < 4.78 is 0. The summed E-state index contributed by atoms with van der Waals surface area (Å²) in [5.41, 5.74) is 1.74. The maximum Gasteiger partial charge on any atom is 0.319 e. The van der Waals surface area contributed by atoms with E-state index in [-0.39, 0.29) is 23.9 Å². The monoisotopic (exact) mass is 304 g/mol.